The van der Waals surface area contributed by atoms with Gasteiger partial charge in [0, 0.05) is 13.1 Å². The molecule has 0 bridgehead atoms. The molecule has 0 aliphatic heterocycles. The average molecular weight is 302 g/mol. The Morgan fingerprint density at radius 1 is 1.32 bits per heavy atom. The van der Waals surface area contributed by atoms with Gasteiger partial charge in [-0.05, 0) is 12.5 Å². The molecule has 0 radical (unpaired) electrons. The Morgan fingerprint density at radius 2 is 2.00 bits per heavy atom. The maximum absolute atomic E-state index is 12.6. The zero-order valence-electron chi connectivity index (χ0n) is 12.5. The first-order valence-electron chi connectivity index (χ1n) is 6.95. The second-order valence-corrected chi connectivity index (χ2v) is 5.17. The summed E-state index contributed by atoms with van der Waals surface area (Å²) in [6.07, 6.45) is 1.21. The van der Waals surface area contributed by atoms with E-state index >= 15 is 0 Å². The Labute approximate surface area is 128 Å². The molecule has 1 heterocycles. The molecule has 2 aromatic rings. The highest BCUT2D eigenvalue weighted by molar-refractivity contribution is 5.93. The molecule has 0 fully saturated rings. The Bertz CT molecular complexity index is 651. The van der Waals surface area contributed by atoms with Crippen LogP contribution in [0.25, 0.3) is 0 Å². The molecule has 6 heteroatoms. The Hall–Kier alpha value is -2.63. The highest BCUT2D eigenvalue weighted by Crippen LogP contribution is 2.14. The van der Waals surface area contributed by atoms with Crippen LogP contribution in [-0.4, -0.2) is 33.4 Å². The van der Waals surface area contributed by atoms with Gasteiger partial charge in [-0.2, -0.15) is 0 Å². The fourth-order valence-corrected chi connectivity index (χ4v) is 2.09. The van der Waals surface area contributed by atoms with Gasteiger partial charge >= 0.3 is 5.97 Å². The van der Waals surface area contributed by atoms with E-state index in [1.54, 1.807) is 13.8 Å². The number of nitrogens with zero attached hydrogens (tertiary/aromatic N) is 2. The molecule has 0 spiro atoms. The molecule has 1 unspecified atom stereocenters. The van der Waals surface area contributed by atoms with E-state index in [1.165, 1.54) is 11.3 Å². The molecular formula is C16H18N2O4. The predicted molar refractivity (Wildman–Crippen MR) is 79.2 cm³/mol. The van der Waals surface area contributed by atoms with Crippen LogP contribution in [0.15, 0.2) is 41.1 Å². The Morgan fingerprint density at radius 3 is 2.55 bits per heavy atom. The molecule has 1 aromatic heterocycles. The lowest BCUT2D eigenvalue weighted by Gasteiger charge is -2.24. The SMILES string of the molecule is Cc1ocnc1C(=O)N(Cc1ccccc1)CC(C)C(=O)O. The number of carbonyl (C=O) groups is 2. The largest absolute Gasteiger partial charge is 0.481 e. The number of hydrogen-bond acceptors (Lipinski definition) is 4. The van der Waals surface area contributed by atoms with Crippen LogP contribution in [0, 0.1) is 12.8 Å². The highest BCUT2D eigenvalue weighted by Gasteiger charge is 2.25. The number of aromatic nitrogens is 1. The standard InChI is InChI=1S/C16H18N2O4/c1-11(16(20)21)8-18(9-13-6-4-3-5-7-13)15(19)14-12(2)22-10-17-14/h3-7,10-11H,8-9H2,1-2H3,(H,20,21). The molecule has 1 N–H and O–H groups in total. The van der Waals surface area contributed by atoms with Gasteiger partial charge < -0.3 is 14.4 Å². The highest BCUT2D eigenvalue weighted by atomic mass is 16.4. The van der Waals surface area contributed by atoms with Crippen LogP contribution in [0.3, 0.4) is 0 Å². The van der Waals surface area contributed by atoms with Crippen molar-refractivity contribution < 1.29 is 19.1 Å². The smallest absolute Gasteiger partial charge is 0.308 e. The summed E-state index contributed by atoms with van der Waals surface area (Å²) in [5, 5.41) is 9.09. The fourth-order valence-electron chi connectivity index (χ4n) is 2.09. The first-order chi connectivity index (χ1) is 10.5. The fraction of sp³-hybridized carbons (Fsp3) is 0.312. The lowest BCUT2D eigenvalue weighted by Crippen LogP contribution is -2.37. The molecule has 22 heavy (non-hydrogen) atoms. The second-order valence-electron chi connectivity index (χ2n) is 5.17. The van der Waals surface area contributed by atoms with Crippen LogP contribution in [-0.2, 0) is 11.3 Å². The van der Waals surface area contributed by atoms with Crippen molar-refractivity contribution in [2.45, 2.75) is 20.4 Å². The van der Waals surface area contributed by atoms with E-state index in [1.807, 2.05) is 30.3 Å². The van der Waals surface area contributed by atoms with E-state index in [0.29, 0.717) is 12.3 Å². The van der Waals surface area contributed by atoms with Crippen molar-refractivity contribution in [3.05, 3.63) is 53.7 Å². The van der Waals surface area contributed by atoms with Crippen molar-refractivity contribution in [3.63, 3.8) is 0 Å². The summed E-state index contributed by atoms with van der Waals surface area (Å²) in [7, 11) is 0. The van der Waals surface area contributed by atoms with E-state index in [0.717, 1.165) is 5.56 Å². The average Bonchev–Trinajstić information content (AvgIpc) is 2.92. The number of hydrogen-bond donors (Lipinski definition) is 1. The van der Waals surface area contributed by atoms with E-state index in [4.69, 9.17) is 9.52 Å². The molecule has 1 amide bonds. The minimum atomic E-state index is -0.942. The van der Waals surface area contributed by atoms with Crippen LogP contribution in [0.4, 0.5) is 0 Å². The minimum Gasteiger partial charge on any atom is -0.481 e. The topological polar surface area (TPSA) is 83.6 Å². The molecule has 0 aliphatic rings. The Balaban J connectivity index is 2.23. The van der Waals surface area contributed by atoms with E-state index in [2.05, 4.69) is 4.98 Å². The summed E-state index contributed by atoms with van der Waals surface area (Å²) < 4.78 is 5.06. The second kappa shape index (κ2) is 6.89. The molecule has 0 saturated heterocycles. The van der Waals surface area contributed by atoms with Gasteiger partial charge in [-0.1, -0.05) is 37.3 Å². The summed E-state index contributed by atoms with van der Waals surface area (Å²) >= 11 is 0. The molecule has 2 rings (SSSR count). The molecule has 0 aliphatic carbocycles. The van der Waals surface area contributed by atoms with Crippen LogP contribution in [0.5, 0.6) is 0 Å². The summed E-state index contributed by atoms with van der Waals surface area (Å²) in [6, 6.07) is 9.42. The monoisotopic (exact) mass is 302 g/mol. The maximum Gasteiger partial charge on any atom is 0.308 e. The first kappa shape index (κ1) is 15.8. The van der Waals surface area contributed by atoms with Crippen LogP contribution in [0.2, 0.25) is 0 Å². The minimum absolute atomic E-state index is 0.107. The number of carboxylic acid groups (broad SMARTS) is 1. The van der Waals surface area contributed by atoms with Crippen LogP contribution < -0.4 is 0 Å². The summed E-state index contributed by atoms with van der Waals surface area (Å²) in [5.41, 5.74) is 1.14. The van der Waals surface area contributed by atoms with Crippen molar-refractivity contribution in [3.8, 4) is 0 Å². The zero-order chi connectivity index (χ0) is 16.1. The number of rotatable bonds is 6. The summed E-state index contributed by atoms with van der Waals surface area (Å²) in [4.78, 5) is 29.1. The van der Waals surface area contributed by atoms with Gasteiger partial charge in [0.25, 0.3) is 5.91 Å². The number of carboxylic acids is 1. The third-order valence-corrected chi connectivity index (χ3v) is 3.37. The normalized spacial score (nSPS) is 11.9. The maximum atomic E-state index is 12.6. The number of aliphatic carboxylic acids is 1. The van der Waals surface area contributed by atoms with Gasteiger partial charge in [0.2, 0.25) is 0 Å². The molecule has 116 valence electrons. The van der Waals surface area contributed by atoms with Crippen molar-refractivity contribution >= 4 is 11.9 Å². The number of carbonyl (C=O) groups excluding carboxylic acids is 1. The summed E-state index contributed by atoms with van der Waals surface area (Å²) in [6.45, 7) is 3.66. The van der Waals surface area contributed by atoms with Crippen molar-refractivity contribution in [1.29, 1.82) is 0 Å². The lowest BCUT2D eigenvalue weighted by molar-refractivity contribution is -0.141. The van der Waals surface area contributed by atoms with Crippen molar-refractivity contribution in [1.82, 2.24) is 9.88 Å². The third-order valence-electron chi connectivity index (χ3n) is 3.37. The van der Waals surface area contributed by atoms with Gasteiger partial charge in [-0.25, -0.2) is 4.98 Å². The lowest BCUT2D eigenvalue weighted by atomic mass is 10.1. The molecule has 0 saturated carbocycles. The van der Waals surface area contributed by atoms with E-state index in [-0.39, 0.29) is 18.1 Å². The number of amides is 1. The van der Waals surface area contributed by atoms with Crippen molar-refractivity contribution in [2.24, 2.45) is 5.92 Å². The number of oxazole rings is 1. The molecule has 6 nitrogen and oxygen atoms in total. The third kappa shape index (κ3) is 3.72. The van der Waals surface area contributed by atoms with E-state index < -0.39 is 11.9 Å². The van der Waals surface area contributed by atoms with Gasteiger partial charge in [-0.15, -0.1) is 0 Å². The summed E-state index contributed by atoms with van der Waals surface area (Å²) in [5.74, 6) is -1.52. The van der Waals surface area contributed by atoms with Crippen LogP contribution >= 0.6 is 0 Å². The van der Waals surface area contributed by atoms with Crippen LogP contribution in [0.1, 0.15) is 28.7 Å². The van der Waals surface area contributed by atoms with Gasteiger partial charge in [0.15, 0.2) is 12.1 Å². The van der Waals surface area contributed by atoms with Gasteiger partial charge in [0.1, 0.15) is 5.76 Å². The predicted octanol–water partition coefficient (Wildman–Crippen LogP) is 2.35. The first-order valence-corrected chi connectivity index (χ1v) is 6.95. The number of aryl methyl sites for hydroxylation is 1. The quantitative estimate of drug-likeness (QED) is 0.885. The number of benzene rings is 1. The molecule has 1 aromatic carbocycles. The van der Waals surface area contributed by atoms with Crippen molar-refractivity contribution in [2.75, 3.05) is 6.54 Å². The van der Waals surface area contributed by atoms with E-state index in [9.17, 15) is 9.59 Å². The zero-order valence-corrected chi connectivity index (χ0v) is 12.5. The van der Waals surface area contributed by atoms with Gasteiger partial charge in [-0.3, -0.25) is 9.59 Å². The molecule has 1 atom stereocenters. The van der Waals surface area contributed by atoms with Gasteiger partial charge in [0.05, 0.1) is 5.92 Å². The Kier molecular flexibility index (Phi) is 4.93. The molecular weight excluding hydrogens is 284 g/mol.